The molecule has 2 saturated heterocycles. The van der Waals surface area contributed by atoms with E-state index in [0.717, 1.165) is 55.2 Å². The molecule has 0 saturated carbocycles. The highest BCUT2D eigenvalue weighted by molar-refractivity contribution is 6.36. The Morgan fingerprint density at radius 2 is 1.69 bits per heavy atom. The molecule has 2 aromatic carbocycles. The molecule has 3 aliphatic heterocycles. The molecule has 0 aliphatic carbocycles. The van der Waals surface area contributed by atoms with Crippen molar-refractivity contribution in [2.75, 3.05) is 49.5 Å². The molecular weight excluding hydrogens is 489 g/mol. The van der Waals surface area contributed by atoms with E-state index >= 15 is 0 Å². The number of hydrogen-bond donors (Lipinski definition) is 1. The van der Waals surface area contributed by atoms with Crippen LogP contribution in [0.4, 0.5) is 11.5 Å². The molecule has 1 unspecified atom stereocenters. The molecule has 0 amide bonds. The van der Waals surface area contributed by atoms with E-state index in [0.29, 0.717) is 16.6 Å². The summed E-state index contributed by atoms with van der Waals surface area (Å²) in [5, 5.41) is 9.96. The Kier molecular flexibility index (Phi) is 6.82. The standard InChI is InChI=1S/C29H32Cl2N5/c30-25-5-3-6-26(31)24(25)19-36-16-13-32-28-27(36)17-22(18-33-28)21-7-9-23(10-8-21)29(11-4-12-34-29)20-35-14-1-2-15-35/h3,5-10,17-18H,1-2,4,11-16,19-20H2,(H,32,33). The van der Waals surface area contributed by atoms with Gasteiger partial charge in [0.05, 0.1) is 11.2 Å². The zero-order valence-corrected chi connectivity index (χ0v) is 22.0. The van der Waals surface area contributed by atoms with Crippen LogP contribution in [0.2, 0.25) is 10.0 Å². The van der Waals surface area contributed by atoms with Crippen molar-refractivity contribution in [2.24, 2.45) is 0 Å². The maximum atomic E-state index is 6.48. The van der Waals surface area contributed by atoms with Gasteiger partial charge in [-0.25, -0.2) is 10.3 Å². The Morgan fingerprint density at radius 3 is 2.42 bits per heavy atom. The minimum Gasteiger partial charge on any atom is -0.367 e. The highest BCUT2D eigenvalue weighted by Gasteiger charge is 2.38. The third kappa shape index (κ3) is 4.70. The second kappa shape index (κ2) is 10.2. The summed E-state index contributed by atoms with van der Waals surface area (Å²) in [4.78, 5) is 9.68. The summed E-state index contributed by atoms with van der Waals surface area (Å²) in [5.74, 6) is 0.902. The third-order valence-electron chi connectivity index (χ3n) is 7.90. The largest absolute Gasteiger partial charge is 0.367 e. The van der Waals surface area contributed by atoms with Gasteiger partial charge in [-0.05, 0) is 68.1 Å². The quantitative estimate of drug-likeness (QED) is 0.421. The fourth-order valence-corrected chi connectivity index (χ4v) is 6.46. The van der Waals surface area contributed by atoms with Gasteiger partial charge in [-0.15, -0.1) is 0 Å². The predicted octanol–water partition coefficient (Wildman–Crippen LogP) is 6.18. The number of pyridine rings is 1. The van der Waals surface area contributed by atoms with Gasteiger partial charge in [-0.3, -0.25) is 0 Å². The van der Waals surface area contributed by atoms with Crippen LogP contribution in [0, 0.1) is 0 Å². The molecule has 5 nitrogen and oxygen atoms in total. The molecule has 36 heavy (non-hydrogen) atoms. The lowest BCUT2D eigenvalue weighted by atomic mass is 9.86. The first-order valence-corrected chi connectivity index (χ1v) is 13.8. The van der Waals surface area contributed by atoms with Crippen molar-refractivity contribution in [1.29, 1.82) is 0 Å². The van der Waals surface area contributed by atoms with Crippen LogP contribution in [0.15, 0.2) is 54.7 Å². The molecule has 4 heterocycles. The number of nitrogens with zero attached hydrogens (tertiary/aromatic N) is 4. The minimum absolute atomic E-state index is 0.0497. The van der Waals surface area contributed by atoms with Crippen molar-refractivity contribution < 1.29 is 0 Å². The minimum atomic E-state index is -0.0497. The third-order valence-corrected chi connectivity index (χ3v) is 8.60. The van der Waals surface area contributed by atoms with E-state index in [1.165, 1.54) is 43.5 Å². The lowest BCUT2D eigenvalue weighted by molar-refractivity contribution is 0.223. The number of likely N-dealkylation sites (tertiary alicyclic amines) is 1. The molecule has 3 aliphatic rings. The topological polar surface area (TPSA) is 45.5 Å². The number of halogens is 2. The van der Waals surface area contributed by atoms with Crippen LogP contribution in [-0.4, -0.2) is 49.2 Å². The average Bonchev–Trinajstić information content (AvgIpc) is 3.60. The fraction of sp³-hybridized carbons (Fsp3) is 0.414. The molecule has 0 bridgehead atoms. The molecule has 1 aromatic heterocycles. The van der Waals surface area contributed by atoms with Gasteiger partial charge in [0.15, 0.2) is 0 Å². The second-order valence-corrected chi connectivity index (χ2v) is 11.0. The van der Waals surface area contributed by atoms with Gasteiger partial charge in [-0.1, -0.05) is 53.5 Å². The Hall–Kier alpha value is -2.31. The summed E-state index contributed by atoms with van der Waals surface area (Å²) in [6.07, 6.45) is 6.92. The zero-order chi connectivity index (χ0) is 24.5. The SMILES string of the molecule is Clc1cccc(Cl)c1CN1CCNc2ncc(-c3ccc(C4(CN5CCCC5)CCC[N]4)cc3)cc21. The van der Waals surface area contributed by atoms with Gasteiger partial charge in [0, 0.05) is 60.1 Å². The molecule has 1 N–H and O–H groups in total. The Balaban J connectivity index is 1.26. The summed E-state index contributed by atoms with van der Waals surface area (Å²) in [6.45, 7) is 6.79. The molecule has 187 valence electrons. The molecule has 2 fully saturated rings. The highest BCUT2D eigenvalue weighted by atomic mass is 35.5. The average molecular weight is 522 g/mol. The van der Waals surface area contributed by atoms with Gasteiger partial charge < -0.3 is 15.1 Å². The fourth-order valence-electron chi connectivity index (χ4n) is 5.94. The van der Waals surface area contributed by atoms with Gasteiger partial charge >= 0.3 is 0 Å². The van der Waals surface area contributed by atoms with E-state index in [2.05, 4.69) is 45.4 Å². The lowest BCUT2D eigenvalue weighted by Crippen LogP contribution is -2.43. The molecule has 3 aromatic rings. The Morgan fingerprint density at radius 1 is 0.917 bits per heavy atom. The monoisotopic (exact) mass is 520 g/mol. The maximum absolute atomic E-state index is 6.48. The summed E-state index contributed by atoms with van der Waals surface area (Å²) in [5.41, 5.74) is 5.60. The van der Waals surface area contributed by atoms with Crippen LogP contribution in [0.1, 0.15) is 36.8 Å². The van der Waals surface area contributed by atoms with Crippen LogP contribution in [-0.2, 0) is 12.1 Å². The number of rotatable bonds is 6. The Bertz CT molecular complexity index is 1200. The lowest BCUT2D eigenvalue weighted by Gasteiger charge is -2.33. The summed E-state index contributed by atoms with van der Waals surface area (Å²) >= 11 is 13.0. The van der Waals surface area contributed by atoms with Crippen LogP contribution in [0.5, 0.6) is 0 Å². The molecule has 6 rings (SSSR count). The number of hydrogen-bond acceptors (Lipinski definition) is 4. The van der Waals surface area contributed by atoms with Gasteiger partial charge in [0.25, 0.3) is 0 Å². The van der Waals surface area contributed by atoms with E-state index in [-0.39, 0.29) is 5.54 Å². The van der Waals surface area contributed by atoms with Crippen molar-refractivity contribution >= 4 is 34.7 Å². The number of anilines is 2. The molecule has 0 spiro atoms. The number of benzene rings is 2. The van der Waals surface area contributed by atoms with Gasteiger partial charge in [0.1, 0.15) is 5.82 Å². The van der Waals surface area contributed by atoms with Crippen LogP contribution in [0.3, 0.4) is 0 Å². The van der Waals surface area contributed by atoms with E-state index in [1.807, 2.05) is 24.4 Å². The smallest absolute Gasteiger partial charge is 0.149 e. The van der Waals surface area contributed by atoms with Crippen molar-refractivity contribution in [2.45, 2.75) is 37.8 Å². The Labute approximate surface area is 223 Å². The van der Waals surface area contributed by atoms with Crippen molar-refractivity contribution in [3.8, 4) is 11.1 Å². The first kappa shape index (κ1) is 24.1. The van der Waals surface area contributed by atoms with Gasteiger partial charge in [-0.2, -0.15) is 0 Å². The van der Waals surface area contributed by atoms with Crippen molar-refractivity contribution in [3.63, 3.8) is 0 Å². The number of nitrogens with one attached hydrogen (secondary N) is 1. The van der Waals surface area contributed by atoms with Crippen LogP contribution in [0.25, 0.3) is 11.1 Å². The van der Waals surface area contributed by atoms with Crippen LogP contribution < -0.4 is 15.5 Å². The summed E-state index contributed by atoms with van der Waals surface area (Å²) < 4.78 is 0. The van der Waals surface area contributed by atoms with E-state index in [9.17, 15) is 0 Å². The van der Waals surface area contributed by atoms with E-state index in [1.54, 1.807) is 0 Å². The zero-order valence-electron chi connectivity index (χ0n) is 20.5. The van der Waals surface area contributed by atoms with Crippen molar-refractivity contribution in [3.05, 3.63) is 75.9 Å². The molecular formula is C29H32Cl2N5. The molecule has 1 atom stereocenters. The first-order chi connectivity index (χ1) is 17.6. The van der Waals surface area contributed by atoms with Gasteiger partial charge in [0.2, 0.25) is 0 Å². The number of aromatic nitrogens is 1. The van der Waals surface area contributed by atoms with Crippen LogP contribution >= 0.6 is 23.2 Å². The highest BCUT2D eigenvalue weighted by Crippen LogP contribution is 2.38. The van der Waals surface area contributed by atoms with Crippen molar-refractivity contribution in [1.82, 2.24) is 15.2 Å². The maximum Gasteiger partial charge on any atom is 0.149 e. The van der Waals surface area contributed by atoms with E-state index < -0.39 is 0 Å². The molecule has 1 radical (unpaired) electrons. The first-order valence-electron chi connectivity index (χ1n) is 13.0. The molecule has 7 heteroatoms. The van der Waals surface area contributed by atoms with E-state index in [4.69, 9.17) is 33.5 Å². The summed E-state index contributed by atoms with van der Waals surface area (Å²) in [6, 6.07) is 17.0. The summed E-state index contributed by atoms with van der Waals surface area (Å²) in [7, 11) is 0. The predicted molar refractivity (Wildman–Crippen MR) is 149 cm³/mol. The normalized spacial score (nSPS) is 22.0. The second-order valence-electron chi connectivity index (χ2n) is 10.2. The number of fused-ring (bicyclic) bond motifs is 1.